The van der Waals surface area contributed by atoms with E-state index in [-0.39, 0.29) is 5.91 Å². The van der Waals surface area contributed by atoms with Crippen molar-refractivity contribution in [3.63, 3.8) is 0 Å². The molecule has 4 nitrogen and oxygen atoms in total. The predicted molar refractivity (Wildman–Crippen MR) is 87.4 cm³/mol. The van der Waals surface area contributed by atoms with Crippen molar-refractivity contribution in [3.05, 3.63) is 50.9 Å². The SMILES string of the molecule is O=C(c1csc(Br)c1)N1CCN(Cc2ccccn2)CC1. The molecule has 0 atom stereocenters. The summed E-state index contributed by atoms with van der Waals surface area (Å²) in [6.45, 7) is 4.20. The van der Waals surface area contributed by atoms with Gasteiger partial charge in [0.25, 0.3) is 5.91 Å². The molecule has 21 heavy (non-hydrogen) atoms. The molecule has 2 aromatic heterocycles. The van der Waals surface area contributed by atoms with Crippen LogP contribution in [0.4, 0.5) is 0 Å². The third-order valence-corrected chi connectivity index (χ3v) is 5.09. The molecule has 1 saturated heterocycles. The van der Waals surface area contributed by atoms with Gasteiger partial charge in [0.05, 0.1) is 15.0 Å². The second-order valence-electron chi connectivity index (χ2n) is 5.03. The Morgan fingerprint density at radius 2 is 2.10 bits per heavy atom. The Morgan fingerprint density at radius 3 is 2.71 bits per heavy atom. The molecule has 0 bridgehead atoms. The third kappa shape index (κ3) is 3.70. The number of hydrogen-bond donors (Lipinski definition) is 0. The Morgan fingerprint density at radius 1 is 1.29 bits per heavy atom. The molecule has 0 radical (unpaired) electrons. The first-order chi connectivity index (χ1) is 10.2. The third-order valence-electron chi connectivity index (χ3n) is 3.59. The van der Waals surface area contributed by atoms with Crippen LogP contribution >= 0.6 is 27.3 Å². The zero-order valence-electron chi connectivity index (χ0n) is 11.5. The number of aromatic nitrogens is 1. The first-order valence-corrected chi connectivity index (χ1v) is 8.55. The fourth-order valence-corrected chi connectivity index (χ4v) is 3.57. The molecule has 1 fully saturated rings. The monoisotopic (exact) mass is 365 g/mol. The van der Waals surface area contributed by atoms with Crippen LogP contribution in [0, 0.1) is 0 Å². The van der Waals surface area contributed by atoms with Gasteiger partial charge in [0.2, 0.25) is 0 Å². The maximum atomic E-state index is 12.4. The molecule has 110 valence electrons. The number of carbonyl (C=O) groups is 1. The van der Waals surface area contributed by atoms with Crippen LogP contribution in [0.2, 0.25) is 0 Å². The summed E-state index contributed by atoms with van der Waals surface area (Å²) in [5.41, 5.74) is 1.86. The fraction of sp³-hybridized carbons (Fsp3) is 0.333. The summed E-state index contributed by atoms with van der Waals surface area (Å²) in [6.07, 6.45) is 1.82. The van der Waals surface area contributed by atoms with Crippen molar-refractivity contribution in [2.24, 2.45) is 0 Å². The largest absolute Gasteiger partial charge is 0.336 e. The van der Waals surface area contributed by atoms with Gasteiger partial charge in [-0.25, -0.2) is 0 Å². The highest BCUT2D eigenvalue weighted by Crippen LogP contribution is 2.22. The van der Waals surface area contributed by atoms with Gasteiger partial charge >= 0.3 is 0 Å². The van der Waals surface area contributed by atoms with Gasteiger partial charge < -0.3 is 4.90 Å². The molecule has 2 aromatic rings. The normalized spacial score (nSPS) is 16.1. The van der Waals surface area contributed by atoms with Crippen LogP contribution in [0.1, 0.15) is 16.1 Å². The van der Waals surface area contributed by atoms with Gasteiger partial charge in [0.1, 0.15) is 0 Å². The molecule has 0 unspecified atom stereocenters. The lowest BCUT2D eigenvalue weighted by Crippen LogP contribution is -2.48. The summed E-state index contributed by atoms with van der Waals surface area (Å²) in [7, 11) is 0. The lowest BCUT2D eigenvalue weighted by Gasteiger charge is -2.34. The number of thiophene rings is 1. The minimum atomic E-state index is 0.134. The molecule has 1 amide bonds. The van der Waals surface area contributed by atoms with E-state index in [0.29, 0.717) is 0 Å². The fourth-order valence-electron chi connectivity index (χ4n) is 2.43. The summed E-state index contributed by atoms with van der Waals surface area (Å²) >= 11 is 4.95. The van der Waals surface area contributed by atoms with Gasteiger partial charge in [-0.15, -0.1) is 11.3 Å². The summed E-state index contributed by atoms with van der Waals surface area (Å²) in [6, 6.07) is 7.88. The van der Waals surface area contributed by atoms with Crippen molar-refractivity contribution >= 4 is 33.2 Å². The highest BCUT2D eigenvalue weighted by atomic mass is 79.9. The van der Waals surface area contributed by atoms with E-state index in [1.54, 1.807) is 11.3 Å². The maximum Gasteiger partial charge on any atom is 0.254 e. The summed E-state index contributed by atoms with van der Waals surface area (Å²) < 4.78 is 1.000. The molecule has 1 aliphatic heterocycles. The number of amides is 1. The van der Waals surface area contributed by atoms with Gasteiger partial charge in [-0.1, -0.05) is 6.07 Å². The summed E-state index contributed by atoms with van der Waals surface area (Å²) in [5.74, 6) is 0.134. The Kier molecular flexibility index (Phi) is 4.67. The van der Waals surface area contributed by atoms with Crippen molar-refractivity contribution in [1.29, 1.82) is 0 Å². The zero-order valence-corrected chi connectivity index (χ0v) is 13.9. The lowest BCUT2D eigenvalue weighted by atomic mass is 10.2. The van der Waals surface area contributed by atoms with E-state index in [2.05, 4.69) is 25.8 Å². The first-order valence-electron chi connectivity index (χ1n) is 6.88. The molecular formula is C15H16BrN3OS. The average molecular weight is 366 g/mol. The summed E-state index contributed by atoms with van der Waals surface area (Å²) in [5, 5.41) is 1.91. The van der Waals surface area contributed by atoms with Gasteiger partial charge in [-0.2, -0.15) is 0 Å². The highest BCUT2D eigenvalue weighted by Gasteiger charge is 2.22. The second-order valence-corrected chi connectivity index (χ2v) is 7.32. The predicted octanol–water partition coefficient (Wildman–Crippen LogP) is 2.86. The zero-order chi connectivity index (χ0) is 14.7. The average Bonchev–Trinajstić information content (AvgIpc) is 2.95. The first kappa shape index (κ1) is 14.7. The quantitative estimate of drug-likeness (QED) is 0.838. The van der Waals surface area contributed by atoms with Crippen LogP contribution < -0.4 is 0 Å². The van der Waals surface area contributed by atoms with E-state index in [1.165, 1.54) is 0 Å². The maximum absolute atomic E-state index is 12.4. The molecule has 1 aliphatic rings. The van der Waals surface area contributed by atoms with E-state index in [0.717, 1.165) is 47.8 Å². The summed E-state index contributed by atoms with van der Waals surface area (Å²) in [4.78, 5) is 21.0. The minimum absolute atomic E-state index is 0.134. The number of halogens is 1. The van der Waals surface area contributed by atoms with E-state index >= 15 is 0 Å². The van der Waals surface area contributed by atoms with Crippen LogP contribution in [0.3, 0.4) is 0 Å². The second kappa shape index (κ2) is 6.68. The van der Waals surface area contributed by atoms with Crippen molar-refractivity contribution in [2.45, 2.75) is 6.54 Å². The van der Waals surface area contributed by atoms with Crippen LogP contribution in [-0.4, -0.2) is 46.9 Å². The number of piperazine rings is 1. The number of hydrogen-bond acceptors (Lipinski definition) is 4. The van der Waals surface area contributed by atoms with E-state index in [1.807, 2.05) is 40.7 Å². The van der Waals surface area contributed by atoms with Gasteiger partial charge in [-0.05, 0) is 34.1 Å². The van der Waals surface area contributed by atoms with Crippen LogP contribution in [0.15, 0.2) is 39.6 Å². The molecule has 0 N–H and O–H groups in total. The molecule has 3 heterocycles. The van der Waals surface area contributed by atoms with E-state index in [9.17, 15) is 4.79 Å². The standard InChI is InChI=1S/C15H16BrN3OS/c16-14-9-12(11-21-14)15(20)19-7-5-18(6-8-19)10-13-3-1-2-4-17-13/h1-4,9,11H,5-8,10H2. The Labute approximate surface area is 136 Å². The number of nitrogens with zero attached hydrogens (tertiary/aromatic N) is 3. The highest BCUT2D eigenvalue weighted by molar-refractivity contribution is 9.11. The molecule has 0 aromatic carbocycles. The molecule has 0 aliphatic carbocycles. The van der Waals surface area contributed by atoms with Crippen molar-refractivity contribution in [3.8, 4) is 0 Å². The van der Waals surface area contributed by atoms with Gasteiger partial charge in [0, 0.05) is 44.3 Å². The number of carbonyl (C=O) groups excluding carboxylic acids is 1. The van der Waals surface area contributed by atoms with E-state index in [4.69, 9.17) is 0 Å². The van der Waals surface area contributed by atoms with Crippen LogP contribution in [0.5, 0.6) is 0 Å². The molecule has 0 spiro atoms. The molecule has 6 heteroatoms. The number of pyridine rings is 1. The Hall–Kier alpha value is -1.24. The van der Waals surface area contributed by atoms with Crippen molar-refractivity contribution in [2.75, 3.05) is 26.2 Å². The Balaban J connectivity index is 1.54. The Bertz CT molecular complexity index is 608. The lowest BCUT2D eigenvalue weighted by molar-refractivity contribution is 0.0627. The smallest absolute Gasteiger partial charge is 0.254 e. The topological polar surface area (TPSA) is 36.4 Å². The van der Waals surface area contributed by atoms with Crippen molar-refractivity contribution < 1.29 is 4.79 Å². The molecule has 3 rings (SSSR count). The van der Waals surface area contributed by atoms with Crippen LogP contribution in [-0.2, 0) is 6.54 Å². The van der Waals surface area contributed by atoms with Crippen LogP contribution in [0.25, 0.3) is 0 Å². The number of rotatable bonds is 3. The van der Waals surface area contributed by atoms with Crippen molar-refractivity contribution in [1.82, 2.24) is 14.8 Å². The minimum Gasteiger partial charge on any atom is -0.336 e. The molecular weight excluding hydrogens is 350 g/mol. The van der Waals surface area contributed by atoms with E-state index < -0.39 is 0 Å². The molecule has 0 saturated carbocycles. The van der Waals surface area contributed by atoms with Gasteiger partial charge in [-0.3, -0.25) is 14.7 Å². The van der Waals surface area contributed by atoms with Gasteiger partial charge in [0.15, 0.2) is 0 Å².